The molecule has 0 bridgehead atoms. The molecule has 0 saturated carbocycles. The van der Waals surface area contributed by atoms with Gasteiger partial charge in [-0.25, -0.2) is 5.06 Å². The number of aromatic nitrogens is 1. The van der Waals surface area contributed by atoms with Crippen LogP contribution in [0.4, 0.5) is 5.69 Å². The quantitative estimate of drug-likeness (QED) is 0.226. The third-order valence-corrected chi connectivity index (χ3v) is 9.68. The number of amides is 4. The van der Waals surface area contributed by atoms with Crippen LogP contribution in [0.1, 0.15) is 69.5 Å². The molecular weight excluding hydrogens is 612 g/mol. The van der Waals surface area contributed by atoms with Crippen molar-refractivity contribution in [2.75, 3.05) is 25.3 Å². The van der Waals surface area contributed by atoms with E-state index in [1.165, 1.54) is 12.0 Å². The SMILES string of the molecule is COc1ccc2c(c1)N(O)C(CCN1C(=O)c3ccccc3C1=O)(c1[nH]c3ccccc3c1CCN1C(=O)c3ccccc3C1=O)C2=O. The molecule has 48 heavy (non-hydrogen) atoms. The lowest BCUT2D eigenvalue weighted by molar-refractivity contribution is 0.0586. The molecule has 11 heteroatoms. The smallest absolute Gasteiger partial charge is 0.261 e. The van der Waals surface area contributed by atoms with E-state index >= 15 is 0 Å². The van der Waals surface area contributed by atoms with E-state index in [-0.39, 0.29) is 48.3 Å². The van der Waals surface area contributed by atoms with Gasteiger partial charge in [-0.2, -0.15) is 0 Å². The number of nitrogens with zero attached hydrogens (tertiary/aromatic N) is 3. The van der Waals surface area contributed by atoms with Crippen molar-refractivity contribution in [3.8, 4) is 5.75 Å². The van der Waals surface area contributed by atoms with Gasteiger partial charge in [0.15, 0.2) is 11.3 Å². The van der Waals surface area contributed by atoms with Gasteiger partial charge >= 0.3 is 0 Å². The Morgan fingerprint density at radius 2 is 1.23 bits per heavy atom. The maximum atomic E-state index is 14.7. The lowest BCUT2D eigenvalue weighted by atomic mass is 9.83. The normalized spacial score (nSPS) is 18.3. The number of aromatic amines is 1. The van der Waals surface area contributed by atoms with Gasteiger partial charge in [0.1, 0.15) is 5.75 Å². The molecule has 1 atom stereocenters. The first-order valence-corrected chi connectivity index (χ1v) is 15.5. The Bertz CT molecular complexity index is 2170. The molecule has 0 radical (unpaired) electrons. The van der Waals surface area contributed by atoms with Crippen LogP contribution in [0.5, 0.6) is 5.75 Å². The van der Waals surface area contributed by atoms with Gasteiger partial charge in [0, 0.05) is 42.0 Å². The van der Waals surface area contributed by atoms with Crippen molar-refractivity contribution in [2.45, 2.75) is 18.4 Å². The third kappa shape index (κ3) is 4.00. The molecule has 1 aromatic heterocycles. The number of ketones is 1. The van der Waals surface area contributed by atoms with Crippen molar-refractivity contribution in [2.24, 2.45) is 0 Å². The Balaban J connectivity index is 1.23. The van der Waals surface area contributed by atoms with E-state index < -0.39 is 35.0 Å². The fourth-order valence-electron chi connectivity index (χ4n) is 7.29. The van der Waals surface area contributed by atoms with E-state index in [9.17, 15) is 29.2 Å². The van der Waals surface area contributed by atoms with Crippen molar-refractivity contribution in [3.63, 3.8) is 0 Å². The van der Waals surface area contributed by atoms with Crippen LogP contribution in [0, 0.1) is 0 Å². The second-order valence-corrected chi connectivity index (χ2v) is 12.0. The number of methoxy groups -OCH3 is 1. The van der Waals surface area contributed by atoms with Crippen LogP contribution in [-0.4, -0.2) is 69.6 Å². The predicted octanol–water partition coefficient (Wildman–Crippen LogP) is 4.99. The third-order valence-electron chi connectivity index (χ3n) is 9.68. The molecule has 0 fully saturated rings. The van der Waals surface area contributed by atoms with Crippen LogP contribution in [-0.2, 0) is 12.0 Å². The fourth-order valence-corrected chi connectivity index (χ4v) is 7.29. The van der Waals surface area contributed by atoms with E-state index in [1.54, 1.807) is 66.7 Å². The summed E-state index contributed by atoms with van der Waals surface area (Å²) in [6, 6.07) is 25.3. The molecule has 3 aliphatic rings. The number of para-hydroxylation sites is 1. The lowest BCUT2D eigenvalue weighted by Crippen LogP contribution is -2.50. The number of H-pyrrole nitrogens is 1. The number of Topliss-reactive ketones (excluding diaryl/α,β-unsaturated/α-hetero) is 1. The average molecular weight is 641 g/mol. The van der Waals surface area contributed by atoms with E-state index in [0.29, 0.717) is 33.7 Å². The number of hydroxylamine groups is 1. The number of imide groups is 2. The lowest BCUT2D eigenvalue weighted by Gasteiger charge is -2.35. The highest BCUT2D eigenvalue weighted by Gasteiger charge is 2.55. The highest BCUT2D eigenvalue weighted by atomic mass is 16.5. The van der Waals surface area contributed by atoms with Crippen LogP contribution in [0.3, 0.4) is 0 Å². The molecule has 4 aromatic carbocycles. The highest BCUT2D eigenvalue weighted by molar-refractivity contribution is 6.22. The van der Waals surface area contributed by atoms with Gasteiger partial charge in [-0.3, -0.25) is 39.0 Å². The zero-order valence-corrected chi connectivity index (χ0v) is 25.7. The number of benzene rings is 4. The summed E-state index contributed by atoms with van der Waals surface area (Å²) in [5.41, 5.74) is 1.42. The van der Waals surface area contributed by atoms with E-state index in [0.717, 1.165) is 15.3 Å². The highest BCUT2D eigenvalue weighted by Crippen LogP contribution is 2.49. The average Bonchev–Trinajstić information content (AvgIpc) is 3.76. The van der Waals surface area contributed by atoms with Crippen LogP contribution in [0.15, 0.2) is 91.0 Å². The number of ether oxygens (including phenoxy) is 1. The largest absolute Gasteiger partial charge is 0.497 e. The summed E-state index contributed by atoms with van der Waals surface area (Å²) in [6.45, 7) is -0.177. The summed E-state index contributed by atoms with van der Waals surface area (Å²) in [5.74, 6) is -1.81. The van der Waals surface area contributed by atoms with Crippen LogP contribution in [0.25, 0.3) is 10.9 Å². The number of carbonyl (C=O) groups is 5. The number of rotatable bonds is 8. The van der Waals surface area contributed by atoms with Crippen molar-refractivity contribution < 1.29 is 33.9 Å². The van der Waals surface area contributed by atoms with Crippen molar-refractivity contribution in [1.82, 2.24) is 14.8 Å². The monoisotopic (exact) mass is 640 g/mol. The first-order valence-electron chi connectivity index (χ1n) is 15.5. The number of anilines is 1. The first kappa shape index (κ1) is 29.3. The molecule has 0 saturated heterocycles. The van der Waals surface area contributed by atoms with Gasteiger partial charge < -0.3 is 9.72 Å². The number of nitrogens with one attached hydrogen (secondary N) is 1. The molecule has 0 aliphatic carbocycles. The zero-order chi connectivity index (χ0) is 33.3. The maximum Gasteiger partial charge on any atom is 0.261 e. The van der Waals surface area contributed by atoms with Gasteiger partial charge in [0.05, 0.1) is 40.7 Å². The summed E-state index contributed by atoms with van der Waals surface area (Å²) in [6.07, 6.45) is -0.0159. The molecule has 8 rings (SSSR count). The molecule has 0 spiro atoms. The molecule has 3 aliphatic heterocycles. The van der Waals surface area contributed by atoms with Crippen molar-refractivity contribution in [1.29, 1.82) is 0 Å². The second-order valence-electron chi connectivity index (χ2n) is 12.0. The Morgan fingerprint density at radius 3 is 1.81 bits per heavy atom. The molecule has 5 aromatic rings. The van der Waals surface area contributed by atoms with E-state index in [4.69, 9.17) is 4.74 Å². The summed E-state index contributed by atoms with van der Waals surface area (Å²) in [4.78, 5) is 73.6. The zero-order valence-electron chi connectivity index (χ0n) is 25.7. The molecule has 11 nitrogen and oxygen atoms in total. The molecule has 4 heterocycles. The Morgan fingerprint density at radius 1 is 0.688 bits per heavy atom. The van der Waals surface area contributed by atoms with Crippen LogP contribution >= 0.6 is 0 Å². The molecular formula is C37H28N4O7. The minimum atomic E-state index is -1.82. The minimum absolute atomic E-state index is 0.00999. The summed E-state index contributed by atoms with van der Waals surface area (Å²) < 4.78 is 5.39. The summed E-state index contributed by atoms with van der Waals surface area (Å²) >= 11 is 0. The molecule has 4 amide bonds. The van der Waals surface area contributed by atoms with E-state index in [2.05, 4.69) is 4.98 Å². The predicted molar refractivity (Wildman–Crippen MR) is 174 cm³/mol. The number of fused-ring (bicyclic) bond motifs is 4. The van der Waals surface area contributed by atoms with Gasteiger partial charge in [0.2, 0.25) is 0 Å². The van der Waals surface area contributed by atoms with E-state index in [1.807, 2.05) is 24.3 Å². The number of hydrogen-bond donors (Lipinski definition) is 2. The summed E-state index contributed by atoms with van der Waals surface area (Å²) in [7, 11) is 1.48. The van der Waals surface area contributed by atoms with Gasteiger partial charge in [0.25, 0.3) is 23.6 Å². The van der Waals surface area contributed by atoms with Gasteiger partial charge in [-0.1, -0.05) is 42.5 Å². The van der Waals surface area contributed by atoms with Gasteiger partial charge in [-0.05, 0) is 54.4 Å². The Hall–Kier alpha value is -6.07. The Kier molecular flexibility index (Phi) is 6.57. The van der Waals surface area contributed by atoms with Crippen LogP contribution in [0.2, 0.25) is 0 Å². The summed E-state index contributed by atoms with van der Waals surface area (Å²) in [5, 5.41) is 13.7. The van der Waals surface area contributed by atoms with Crippen molar-refractivity contribution >= 4 is 46.0 Å². The topological polar surface area (TPSA) is 140 Å². The number of carbonyl (C=O) groups excluding carboxylic acids is 5. The maximum absolute atomic E-state index is 14.7. The first-order chi connectivity index (χ1) is 23.3. The fraction of sp³-hybridized carbons (Fsp3) is 0.162. The van der Waals surface area contributed by atoms with Gasteiger partial charge in [-0.15, -0.1) is 0 Å². The second kappa shape index (κ2) is 10.7. The molecule has 238 valence electrons. The van der Waals surface area contributed by atoms with Crippen molar-refractivity contribution in [3.05, 3.63) is 130 Å². The molecule has 1 unspecified atom stereocenters. The molecule has 2 N–H and O–H groups in total. The minimum Gasteiger partial charge on any atom is -0.497 e. The number of hydrogen-bond acceptors (Lipinski definition) is 8. The standard InChI is InChI=1S/C37H28N4O7/c1-48-21-14-15-28-30(20-21)41(47)37(32(28)42,17-19-40-35(45)26-11-4-5-12-27(26)36(40)46)31-23(22-8-6-7-13-29(22)38-31)16-18-39-33(43)24-9-2-3-10-25(24)34(39)44/h2-15,20,38,47H,16-19H2,1H3. The Labute approximate surface area is 273 Å². The van der Waals surface area contributed by atoms with Crippen LogP contribution < -0.4 is 9.80 Å².